The Kier molecular flexibility index (Phi) is 4.77. The Morgan fingerprint density at radius 3 is 2.90 bits per heavy atom. The van der Waals surface area contributed by atoms with Gasteiger partial charge in [0.15, 0.2) is 0 Å². The summed E-state index contributed by atoms with van der Waals surface area (Å²) in [6, 6.07) is 0.124. The molecule has 1 fully saturated rings. The van der Waals surface area contributed by atoms with E-state index in [4.69, 9.17) is 5.11 Å². The Morgan fingerprint density at radius 1 is 1.48 bits per heavy atom. The SMILES string of the molecule is CC1CCN(C(=O)NCc2cn(CC(=O)O)nn2)C(C)C1. The summed E-state index contributed by atoms with van der Waals surface area (Å²) in [5.41, 5.74) is 0.544. The Balaban J connectivity index is 1.83. The maximum Gasteiger partial charge on any atom is 0.325 e. The van der Waals surface area contributed by atoms with Gasteiger partial charge in [0.2, 0.25) is 0 Å². The number of rotatable bonds is 4. The van der Waals surface area contributed by atoms with Crippen LogP contribution in [-0.4, -0.2) is 49.6 Å². The number of hydrogen-bond donors (Lipinski definition) is 2. The third-order valence-electron chi connectivity index (χ3n) is 3.70. The van der Waals surface area contributed by atoms with Gasteiger partial charge in [-0.15, -0.1) is 5.10 Å². The molecule has 2 N–H and O–H groups in total. The van der Waals surface area contributed by atoms with Crippen molar-refractivity contribution in [2.45, 2.75) is 45.8 Å². The van der Waals surface area contributed by atoms with Crippen molar-refractivity contribution in [3.8, 4) is 0 Å². The van der Waals surface area contributed by atoms with Crippen LogP contribution in [0.1, 0.15) is 32.4 Å². The number of carboxylic acid groups (broad SMARTS) is 1. The zero-order valence-corrected chi connectivity index (χ0v) is 12.3. The highest BCUT2D eigenvalue weighted by atomic mass is 16.4. The first-order valence-corrected chi connectivity index (χ1v) is 7.11. The van der Waals surface area contributed by atoms with Crippen LogP contribution in [0.25, 0.3) is 0 Å². The van der Waals surface area contributed by atoms with Crippen molar-refractivity contribution >= 4 is 12.0 Å². The molecule has 116 valence electrons. The second-order valence-corrected chi connectivity index (χ2v) is 5.63. The molecule has 1 saturated heterocycles. The van der Waals surface area contributed by atoms with E-state index < -0.39 is 5.97 Å². The van der Waals surface area contributed by atoms with Crippen molar-refractivity contribution < 1.29 is 14.7 Å². The number of nitrogens with zero attached hydrogens (tertiary/aromatic N) is 4. The molecule has 2 atom stereocenters. The molecule has 0 radical (unpaired) electrons. The highest BCUT2D eigenvalue weighted by Gasteiger charge is 2.26. The molecule has 0 saturated carbocycles. The zero-order chi connectivity index (χ0) is 15.4. The minimum atomic E-state index is -0.980. The monoisotopic (exact) mass is 295 g/mol. The Hall–Kier alpha value is -2.12. The number of carbonyl (C=O) groups is 2. The average molecular weight is 295 g/mol. The summed E-state index contributed by atoms with van der Waals surface area (Å²) < 4.78 is 1.23. The van der Waals surface area contributed by atoms with Crippen LogP contribution in [0, 0.1) is 5.92 Å². The van der Waals surface area contributed by atoms with Gasteiger partial charge in [-0.2, -0.15) is 0 Å². The van der Waals surface area contributed by atoms with Crippen LogP contribution in [0.5, 0.6) is 0 Å². The van der Waals surface area contributed by atoms with Crippen LogP contribution in [0.2, 0.25) is 0 Å². The van der Waals surface area contributed by atoms with Gasteiger partial charge < -0.3 is 15.3 Å². The fraction of sp³-hybridized carbons (Fsp3) is 0.692. The minimum absolute atomic E-state index is 0.109. The largest absolute Gasteiger partial charge is 0.480 e. The van der Waals surface area contributed by atoms with Crippen LogP contribution in [0.4, 0.5) is 4.79 Å². The number of hydrogen-bond acceptors (Lipinski definition) is 4. The molecule has 0 bridgehead atoms. The van der Waals surface area contributed by atoms with Gasteiger partial charge in [-0.05, 0) is 25.7 Å². The second-order valence-electron chi connectivity index (χ2n) is 5.63. The van der Waals surface area contributed by atoms with Crippen LogP contribution in [0.15, 0.2) is 6.20 Å². The quantitative estimate of drug-likeness (QED) is 0.851. The number of urea groups is 1. The third-order valence-corrected chi connectivity index (χ3v) is 3.70. The zero-order valence-electron chi connectivity index (χ0n) is 12.3. The van der Waals surface area contributed by atoms with Gasteiger partial charge in [-0.3, -0.25) is 4.79 Å². The number of aliphatic carboxylic acids is 1. The van der Waals surface area contributed by atoms with Gasteiger partial charge in [0.1, 0.15) is 12.2 Å². The summed E-state index contributed by atoms with van der Waals surface area (Å²) in [5.74, 6) is -0.327. The van der Waals surface area contributed by atoms with E-state index in [1.54, 1.807) is 0 Å². The lowest BCUT2D eigenvalue weighted by atomic mass is 9.94. The van der Waals surface area contributed by atoms with Gasteiger partial charge in [0.25, 0.3) is 0 Å². The molecule has 8 nitrogen and oxygen atoms in total. The summed E-state index contributed by atoms with van der Waals surface area (Å²) in [6.07, 6.45) is 3.56. The van der Waals surface area contributed by atoms with Gasteiger partial charge in [0.05, 0.1) is 12.7 Å². The van der Waals surface area contributed by atoms with E-state index >= 15 is 0 Å². The van der Waals surface area contributed by atoms with E-state index in [0.29, 0.717) is 11.6 Å². The normalized spacial score (nSPS) is 22.1. The van der Waals surface area contributed by atoms with Crippen molar-refractivity contribution in [3.63, 3.8) is 0 Å². The molecule has 2 amide bonds. The van der Waals surface area contributed by atoms with Crippen LogP contribution >= 0.6 is 0 Å². The number of likely N-dealkylation sites (tertiary alicyclic amines) is 1. The van der Waals surface area contributed by atoms with Crippen molar-refractivity contribution in [3.05, 3.63) is 11.9 Å². The molecular formula is C13H21N5O3. The van der Waals surface area contributed by atoms with Gasteiger partial charge in [-0.25, -0.2) is 9.48 Å². The number of nitrogens with one attached hydrogen (secondary N) is 1. The number of carbonyl (C=O) groups excluding carboxylic acids is 1. The van der Waals surface area contributed by atoms with Crippen LogP contribution in [0.3, 0.4) is 0 Å². The number of carboxylic acids is 1. The molecular weight excluding hydrogens is 274 g/mol. The van der Waals surface area contributed by atoms with E-state index in [0.717, 1.165) is 19.4 Å². The van der Waals surface area contributed by atoms with E-state index in [-0.39, 0.29) is 25.2 Å². The Bertz CT molecular complexity index is 516. The molecule has 2 heterocycles. The first-order valence-electron chi connectivity index (χ1n) is 7.11. The fourth-order valence-corrected chi connectivity index (χ4v) is 2.61. The molecule has 1 aliphatic heterocycles. The molecule has 1 aromatic heterocycles. The second kappa shape index (κ2) is 6.55. The first-order chi connectivity index (χ1) is 9.95. The maximum atomic E-state index is 12.1. The molecule has 0 spiro atoms. The molecule has 0 aromatic carbocycles. The predicted molar refractivity (Wildman–Crippen MR) is 74.5 cm³/mol. The molecule has 2 rings (SSSR count). The lowest BCUT2D eigenvalue weighted by Crippen LogP contribution is -2.48. The van der Waals surface area contributed by atoms with E-state index in [9.17, 15) is 9.59 Å². The Labute approximate surface area is 123 Å². The summed E-state index contributed by atoms with van der Waals surface area (Å²) in [4.78, 5) is 24.5. The van der Waals surface area contributed by atoms with Crippen LogP contribution in [-0.2, 0) is 17.9 Å². The third kappa shape index (κ3) is 4.17. The van der Waals surface area contributed by atoms with Crippen molar-refractivity contribution in [1.29, 1.82) is 0 Å². The summed E-state index contributed by atoms with van der Waals surface area (Å²) in [6.45, 7) is 5.03. The fourth-order valence-electron chi connectivity index (χ4n) is 2.61. The van der Waals surface area contributed by atoms with Gasteiger partial charge in [-0.1, -0.05) is 12.1 Å². The van der Waals surface area contributed by atoms with Crippen molar-refractivity contribution in [2.24, 2.45) is 5.92 Å². The van der Waals surface area contributed by atoms with E-state index in [1.165, 1.54) is 10.9 Å². The lowest BCUT2D eigenvalue weighted by Gasteiger charge is -2.36. The van der Waals surface area contributed by atoms with Crippen molar-refractivity contribution in [2.75, 3.05) is 6.54 Å². The van der Waals surface area contributed by atoms with Crippen molar-refractivity contribution in [1.82, 2.24) is 25.2 Å². The number of piperidine rings is 1. The molecule has 2 unspecified atom stereocenters. The highest BCUT2D eigenvalue weighted by molar-refractivity contribution is 5.74. The van der Waals surface area contributed by atoms with Gasteiger partial charge >= 0.3 is 12.0 Å². The molecule has 1 aromatic rings. The summed E-state index contributed by atoms with van der Waals surface area (Å²) >= 11 is 0. The summed E-state index contributed by atoms with van der Waals surface area (Å²) in [5, 5.41) is 19.0. The molecule has 21 heavy (non-hydrogen) atoms. The number of aromatic nitrogens is 3. The summed E-state index contributed by atoms with van der Waals surface area (Å²) in [7, 11) is 0. The highest BCUT2D eigenvalue weighted by Crippen LogP contribution is 2.21. The standard InChI is InChI=1S/C13H21N5O3/c1-9-3-4-18(10(2)5-9)13(21)14-6-11-7-17(16-15-11)8-12(19)20/h7,9-10H,3-6,8H2,1-2H3,(H,14,21)(H,19,20). The van der Waals surface area contributed by atoms with E-state index in [2.05, 4.69) is 29.5 Å². The molecule has 1 aliphatic rings. The van der Waals surface area contributed by atoms with Gasteiger partial charge in [0, 0.05) is 12.6 Å². The predicted octanol–water partition coefficient (Wildman–Crippen LogP) is 0.693. The average Bonchev–Trinajstić information content (AvgIpc) is 2.82. The molecule has 0 aliphatic carbocycles. The first kappa shape index (κ1) is 15.3. The van der Waals surface area contributed by atoms with E-state index in [1.807, 2.05) is 4.90 Å². The smallest absolute Gasteiger partial charge is 0.325 e. The Morgan fingerprint density at radius 2 is 2.24 bits per heavy atom. The maximum absolute atomic E-state index is 12.1. The molecule has 8 heteroatoms. The minimum Gasteiger partial charge on any atom is -0.480 e. The lowest BCUT2D eigenvalue weighted by molar-refractivity contribution is -0.137. The van der Waals surface area contributed by atoms with Crippen LogP contribution < -0.4 is 5.32 Å². The topological polar surface area (TPSA) is 100 Å². The number of amides is 2.